The van der Waals surface area contributed by atoms with Crippen LogP contribution in [0.1, 0.15) is 58.8 Å². The van der Waals surface area contributed by atoms with Crippen molar-refractivity contribution >= 4 is 11.9 Å². The zero-order chi connectivity index (χ0) is 16.5. The summed E-state index contributed by atoms with van der Waals surface area (Å²) < 4.78 is 4.71. The van der Waals surface area contributed by atoms with E-state index in [0.29, 0.717) is 6.04 Å². The minimum atomic E-state index is -0.992. The van der Waals surface area contributed by atoms with E-state index in [1.807, 2.05) is 0 Å². The van der Waals surface area contributed by atoms with Crippen LogP contribution in [0.2, 0.25) is 0 Å². The van der Waals surface area contributed by atoms with Gasteiger partial charge in [0.25, 0.3) is 0 Å². The predicted octanol–water partition coefficient (Wildman–Crippen LogP) is 1.74. The molecular formula is C16H30N2O4. The Hall–Kier alpha value is -1.14. The lowest BCUT2D eigenvalue weighted by Gasteiger charge is -2.30. The molecule has 0 aromatic heterocycles. The van der Waals surface area contributed by atoms with Crippen molar-refractivity contribution in [2.75, 3.05) is 6.54 Å². The number of hydrogen-bond acceptors (Lipinski definition) is 5. The Morgan fingerprint density at radius 2 is 2.14 bits per heavy atom. The molecule has 22 heavy (non-hydrogen) atoms. The number of amides is 1. The molecule has 1 rings (SSSR count). The molecule has 1 saturated carbocycles. The quantitative estimate of drug-likeness (QED) is 0.563. The number of aliphatic hydroxyl groups is 1. The van der Waals surface area contributed by atoms with E-state index in [0.717, 1.165) is 45.1 Å². The molecule has 0 radical (unpaired) electrons. The molecule has 4 atom stereocenters. The Morgan fingerprint density at radius 1 is 1.41 bits per heavy atom. The summed E-state index contributed by atoms with van der Waals surface area (Å²) in [5.74, 6) is 0.0396. The van der Waals surface area contributed by atoms with Crippen molar-refractivity contribution in [2.45, 2.75) is 77.0 Å². The van der Waals surface area contributed by atoms with E-state index in [1.165, 1.54) is 0 Å². The highest BCUT2D eigenvalue weighted by Crippen LogP contribution is 2.26. The maximum Gasteiger partial charge on any atom is 0.404 e. The van der Waals surface area contributed by atoms with E-state index in [-0.39, 0.29) is 18.1 Å². The molecule has 0 aliphatic heterocycles. The number of unbranched alkanes of at least 4 members (excludes halogenated alkanes) is 1. The highest BCUT2D eigenvalue weighted by Gasteiger charge is 2.29. The largest absolute Gasteiger partial charge is 0.444 e. The summed E-state index contributed by atoms with van der Waals surface area (Å²) in [6, 6.07) is 0.394. The molecule has 0 spiro atoms. The minimum Gasteiger partial charge on any atom is -0.444 e. The summed E-state index contributed by atoms with van der Waals surface area (Å²) >= 11 is 0. The molecule has 128 valence electrons. The van der Waals surface area contributed by atoms with Crippen LogP contribution in [-0.2, 0) is 9.53 Å². The standard InChI is InChI=1S/C16H30N2O4/c1-3-4-8-18-13-7-5-6-12(9-13)15(20)10-14(19)11(2)22-16(17)21/h11-14,18-19H,3-10H2,1-2H3,(H2,17,21)/t11-,12?,13?,14+/m0/s1. The van der Waals surface area contributed by atoms with Crippen LogP contribution in [0.4, 0.5) is 4.79 Å². The second-order valence-electron chi connectivity index (χ2n) is 6.25. The number of carbonyl (C=O) groups excluding carboxylic acids is 2. The summed E-state index contributed by atoms with van der Waals surface area (Å²) in [7, 11) is 0. The van der Waals surface area contributed by atoms with E-state index < -0.39 is 18.3 Å². The molecule has 6 heteroatoms. The number of aliphatic hydroxyl groups excluding tert-OH is 1. The maximum atomic E-state index is 12.3. The fraction of sp³-hybridized carbons (Fsp3) is 0.875. The first-order valence-corrected chi connectivity index (χ1v) is 8.34. The Labute approximate surface area is 132 Å². The second-order valence-corrected chi connectivity index (χ2v) is 6.25. The van der Waals surface area contributed by atoms with Crippen molar-refractivity contribution in [1.29, 1.82) is 0 Å². The van der Waals surface area contributed by atoms with Crippen LogP contribution in [-0.4, -0.2) is 41.8 Å². The van der Waals surface area contributed by atoms with Gasteiger partial charge in [-0.2, -0.15) is 0 Å². The van der Waals surface area contributed by atoms with Gasteiger partial charge in [0.1, 0.15) is 11.9 Å². The molecule has 1 amide bonds. The van der Waals surface area contributed by atoms with Gasteiger partial charge in [-0.1, -0.05) is 19.8 Å². The van der Waals surface area contributed by atoms with Crippen molar-refractivity contribution in [1.82, 2.24) is 5.32 Å². The number of nitrogens with two attached hydrogens (primary N) is 1. The summed E-state index contributed by atoms with van der Waals surface area (Å²) in [5, 5.41) is 13.4. The van der Waals surface area contributed by atoms with Gasteiger partial charge >= 0.3 is 6.09 Å². The Bertz CT molecular complexity index is 362. The average molecular weight is 314 g/mol. The lowest BCUT2D eigenvalue weighted by atomic mass is 9.81. The molecule has 1 fully saturated rings. The van der Waals surface area contributed by atoms with Gasteiger partial charge in [-0.25, -0.2) is 4.79 Å². The number of ether oxygens (including phenoxy) is 1. The topological polar surface area (TPSA) is 102 Å². The first-order valence-electron chi connectivity index (χ1n) is 8.34. The summed E-state index contributed by atoms with van der Waals surface area (Å²) in [5.41, 5.74) is 4.92. The van der Waals surface area contributed by atoms with Crippen molar-refractivity contribution in [3.8, 4) is 0 Å². The first kappa shape index (κ1) is 18.9. The lowest BCUT2D eigenvalue weighted by molar-refractivity contribution is -0.127. The van der Waals surface area contributed by atoms with Gasteiger partial charge in [-0.3, -0.25) is 4.79 Å². The molecule has 4 N–H and O–H groups in total. The third-order valence-corrected chi connectivity index (χ3v) is 4.35. The first-order chi connectivity index (χ1) is 10.4. The van der Waals surface area contributed by atoms with Crippen molar-refractivity contribution in [3.05, 3.63) is 0 Å². The van der Waals surface area contributed by atoms with Gasteiger partial charge in [0, 0.05) is 18.4 Å². The molecule has 0 bridgehead atoms. The van der Waals surface area contributed by atoms with Crippen LogP contribution < -0.4 is 11.1 Å². The number of ketones is 1. The molecule has 6 nitrogen and oxygen atoms in total. The van der Waals surface area contributed by atoms with Gasteiger partial charge in [-0.15, -0.1) is 0 Å². The van der Waals surface area contributed by atoms with Crippen LogP contribution in [0.5, 0.6) is 0 Å². The maximum absolute atomic E-state index is 12.3. The SMILES string of the molecule is CCCCNC1CCCC(C(=O)C[C@@H](O)[C@H](C)OC(N)=O)C1. The van der Waals surface area contributed by atoms with Gasteiger partial charge in [0.05, 0.1) is 6.10 Å². The highest BCUT2D eigenvalue weighted by atomic mass is 16.6. The van der Waals surface area contributed by atoms with E-state index in [2.05, 4.69) is 12.2 Å². The fourth-order valence-electron chi connectivity index (χ4n) is 2.95. The van der Waals surface area contributed by atoms with Crippen LogP contribution in [0.25, 0.3) is 0 Å². The van der Waals surface area contributed by atoms with Gasteiger partial charge in [-0.05, 0) is 39.2 Å². The number of carbonyl (C=O) groups is 2. The Kier molecular flexibility index (Phi) is 8.42. The number of nitrogens with one attached hydrogen (secondary N) is 1. The molecule has 1 aliphatic rings. The predicted molar refractivity (Wildman–Crippen MR) is 84.4 cm³/mol. The van der Waals surface area contributed by atoms with Crippen LogP contribution in [0.15, 0.2) is 0 Å². The second kappa shape index (κ2) is 9.79. The highest BCUT2D eigenvalue weighted by molar-refractivity contribution is 5.81. The van der Waals surface area contributed by atoms with E-state index >= 15 is 0 Å². The fourth-order valence-corrected chi connectivity index (χ4v) is 2.95. The van der Waals surface area contributed by atoms with Crippen LogP contribution >= 0.6 is 0 Å². The number of rotatable bonds is 9. The summed E-state index contributed by atoms with van der Waals surface area (Å²) in [6.07, 6.45) is 3.49. The summed E-state index contributed by atoms with van der Waals surface area (Å²) in [4.78, 5) is 23.0. The van der Waals surface area contributed by atoms with E-state index in [4.69, 9.17) is 10.5 Å². The molecule has 1 aliphatic carbocycles. The third kappa shape index (κ3) is 6.75. The Morgan fingerprint density at radius 3 is 2.77 bits per heavy atom. The van der Waals surface area contributed by atoms with Gasteiger partial charge in [0.2, 0.25) is 0 Å². The normalized spacial score (nSPS) is 24.5. The Balaban J connectivity index is 2.39. The monoisotopic (exact) mass is 314 g/mol. The van der Waals surface area contributed by atoms with E-state index in [1.54, 1.807) is 6.92 Å². The van der Waals surface area contributed by atoms with E-state index in [9.17, 15) is 14.7 Å². The van der Waals surface area contributed by atoms with Crippen LogP contribution in [0, 0.1) is 5.92 Å². The van der Waals surface area contributed by atoms with Gasteiger partial charge < -0.3 is 20.9 Å². The smallest absolute Gasteiger partial charge is 0.404 e. The van der Waals surface area contributed by atoms with Crippen molar-refractivity contribution in [3.63, 3.8) is 0 Å². The number of hydrogen-bond donors (Lipinski definition) is 3. The van der Waals surface area contributed by atoms with Gasteiger partial charge in [0.15, 0.2) is 0 Å². The molecule has 0 aromatic carbocycles. The molecule has 0 heterocycles. The molecule has 2 unspecified atom stereocenters. The zero-order valence-corrected chi connectivity index (χ0v) is 13.7. The molecular weight excluding hydrogens is 284 g/mol. The third-order valence-electron chi connectivity index (χ3n) is 4.35. The number of primary amides is 1. The average Bonchev–Trinajstić information content (AvgIpc) is 2.47. The lowest BCUT2D eigenvalue weighted by Crippen LogP contribution is -2.39. The number of Topliss-reactive ketones (excluding diaryl/α,β-unsaturated/α-hetero) is 1. The minimum absolute atomic E-state index is 0.0108. The van der Waals surface area contributed by atoms with Crippen molar-refractivity contribution < 1.29 is 19.4 Å². The summed E-state index contributed by atoms with van der Waals surface area (Å²) in [6.45, 7) is 4.69. The molecule has 0 aromatic rings. The van der Waals surface area contributed by atoms with Crippen LogP contribution in [0.3, 0.4) is 0 Å². The molecule has 0 saturated heterocycles. The zero-order valence-electron chi connectivity index (χ0n) is 13.7. The van der Waals surface area contributed by atoms with Crippen molar-refractivity contribution in [2.24, 2.45) is 11.7 Å².